The van der Waals surface area contributed by atoms with E-state index in [-0.39, 0.29) is 11.5 Å². The van der Waals surface area contributed by atoms with Crippen molar-refractivity contribution in [3.05, 3.63) is 36.0 Å². The van der Waals surface area contributed by atoms with Crippen LogP contribution in [0, 0.1) is 5.92 Å². The first-order chi connectivity index (χ1) is 12.3. The Kier molecular flexibility index (Phi) is 4.75. The maximum Gasteiger partial charge on any atom is 0.226 e. The lowest BCUT2D eigenvalue weighted by Gasteiger charge is -2.50. The fourth-order valence-corrected chi connectivity index (χ4v) is 4.14. The van der Waals surface area contributed by atoms with Crippen LogP contribution in [-0.4, -0.2) is 47.7 Å². The number of nitrogens with zero attached hydrogens (tertiary/aromatic N) is 2. The topological polar surface area (TPSA) is 51.7 Å². The lowest BCUT2D eigenvalue weighted by Crippen LogP contribution is -2.66. The second-order valence-corrected chi connectivity index (χ2v) is 7.41. The Morgan fingerprint density at radius 2 is 2.28 bits per heavy atom. The number of allylic oxidation sites excluding steroid dienone is 1. The largest absolute Gasteiger partial charge is 0.477 e. The van der Waals surface area contributed by atoms with Crippen molar-refractivity contribution >= 4 is 5.91 Å². The van der Waals surface area contributed by atoms with Crippen molar-refractivity contribution in [2.24, 2.45) is 5.92 Å². The number of rotatable bonds is 5. The third kappa shape index (κ3) is 3.56. The van der Waals surface area contributed by atoms with Crippen molar-refractivity contribution in [3.8, 4) is 5.88 Å². The molecule has 1 spiro atoms. The Morgan fingerprint density at radius 3 is 3.04 bits per heavy atom. The van der Waals surface area contributed by atoms with E-state index in [2.05, 4.69) is 11.1 Å². The lowest BCUT2D eigenvalue weighted by molar-refractivity contribution is -0.166. The second kappa shape index (κ2) is 7.16. The minimum absolute atomic E-state index is 0.203. The first-order valence-electron chi connectivity index (χ1n) is 9.39. The summed E-state index contributed by atoms with van der Waals surface area (Å²) >= 11 is 0. The number of pyridine rings is 1. The predicted molar refractivity (Wildman–Crippen MR) is 94.3 cm³/mol. The van der Waals surface area contributed by atoms with Gasteiger partial charge in [-0.25, -0.2) is 4.98 Å². The van der Waals surface area contributed by atoms with Crippen molar-refractivity contribution in [1.29, 1.82) is 0 Å². The summed E-state index contributed by atoms with van der Waals surface area (Å²) in [5, 5.41) is 0. The molecule has 5 nitrogen and oxygen atoms in total. The van der Waals surface area contributed by atoms with Crippen LogP contribution in [0.5, 0.6) is 5.88 Å². The van der Waals surface area contributed by atoms with Crippen molar-refractivity contribution < 1.29 is 14.3 Å². The molecule has 0 N–H and O–H groups in total. The Hall–Kier alpha value is -1.88. The van der Waals surface area contributed by atoms with Gasteiger partial charge in [0.1, 0.15) is 5.60 Å². The molecule has 134 valence electrons. The van der Waals surface area contributed by atoms with Crippen LogP contribution in [0.25, 0.3) is 0 Å². The van der Waals surface area contributed by atoms with Crippen LogP contribution in [0.4, 0.5) is 0 Å². The van der Waals surface area contributed by atoms with Gasteiger partial charge in [-0.1, -0.05) is 17.7 Å². The minimum atomic E-state index is -0.203. The number of carbonyl (C=O) groups excluding carboxylic acids is 1. The number of hydrogen-bond acceptors (Lipinski definition) is 4. The summed E-state index contributed by atoms with van der Waals surface area (Å²) in [4.78, 5) is 18.7. The van der Waals surface area contributed by atoms with Crippen LogP contribution in [0.2, 0.25) is 0 Å². The molecule has 1 aromatic heterocycles. The van der Waals surface area contributed by atoms with E-state index < -0.39 is 0 Å². The molecular formula is C20H26N2O3. The zero-order valence-corrected chi connectivity index (χ0v) is 14.7. The monoisotopic (exact) mass is 342 g/mol. The van der Waals surface area contributed by atoms with Gasteiger partial charge in [-0.2, -0.15) is 0 Å². The van der Waals surface area contributed by atoms with Gasteiger partial charge in [0.15, 0.2) is 0 Å². The van der Waals surface area contributed by atoms with E-state index in [1.165, 1.54) is 18.4 Å². The van der Waals surface area contributed by atoms with E-state index in [9.17, 15) is 4.79 Å². The molecule has 0 radical (unpaired) electrons. The normalized spacial score (nSPS) is 24.7. The molecule has 3 heterocycles. The lowest BCUT2D eigenvalue weighted by atomic mass is 9.81. The standard InChI is InChI=1S/C20H26N2O3/c23-19(12-16-6-2-1-3-7-16)22-14-20(15-22)17(9-11-25-20)13-24-18-8-4-5-10-21-18/h4-6,8,10,17H,1-3,7,9,11-15H2/t17-/m0/s1. The maximum atomic E-state index is 12.5. The summed E-state index contributed by atoms with van der Waals surface area (Å²) in [7, 11) is 0. The third-order valence-electron chi connectivity index (χ3n) is 5.70. The van der Waals surface area contributed by atoms with E-state index in [0.29, 0.717) is 37.9 Å². The van der Waals surface area contributed by atoms with Crippen LogP contribution in [0.15, 0.2) is 36.0 Å². The number of likely N-dealkylation sites (tertiary alicyclic amines) is 1. The van der Waals surface area contributed by atoms with Gasteiger partial charge < -0.3 is 14.4 Å². The van der Waals surface area contributed by atoms with Gasteiger partial charge in [0.2, 0.25) is 11.8 Å². The Balaban J connectivity index is 1.29. The average molecular weight is 342 g/mol. The highest BCUT2D eigenvalue weighted by Gasteiger charge is 2.54. The number of ether oxygens (including phenoxy) is 2. The summed E-state index contributed by atoms with van der Waals surface area (Å²) in [6.45, 7) is 2.76. The molecule has 25 heavy (non-hydrogen) atoms. The quantitative estimate of drug-likeness (QED) is 0.772. The van der Waals surface area contributed by atoms with E-state index in [1.54, 1.807) is 6.20 Å². The molecule has 1 aromatic rings. The number of carbonyl (C=O) groups is 1. The molecule has 3 aliphatic rings. The molecule has 4 rings (SSSR count). The molecule has 5 heteroatoms. The predicted octanol–water partition coefficient (Wildman–Crippen LogP) is 2.97. The summed E-state index contributed by atoms with van der Waals surface area (Å²) in [6.07, 6.45) is 10.3. The highest BCUT2D eigenvalue weighted by atomic mass is 16.5. The highest BCUT2D eigenvalue weighted by Crippen LogP contribution is 2.40. The summed E-state index contributed by atoms with van der Waals surface area (Å²) in [5.74, 6) is 1.23. The van der Waals surface area contributed by atoms with Gasteiger partial charge in [-0.15, -0.1) is 0 Å². The van der Waals surface area contributed by atoms with Gasteiger partial charge >= 0.3 is 0 Å². The molecule has 2 fully saturated rings. The van der Waals surface area contributed by atoms with Gasteiger partial charge in [0.25, 0.3) is 0 Å². The van der Waals surface area contributed by atoms with Crippen molar-refractivity contribution in [1.82, 2.24) is 9.88 Å². The van der Waals surface area contributed by atoms with Crippen LogP contribution < -0.4 is 4.74 Å². The van der Waals surface area contributed by atoms with E-state index in [1.807, 2.05) is 23.1 Å². The van der Waals surface area contributed by atoms with Crippen molar-refractivity contribution in [3.63, 3.8) is 0 Å². The summed E-state index contributed by atoms with van der Waals surface area (Å²) in [6, 6.07) is 5.67. The molecule has 2 saturated heterocycles. The SMILES string of the molecule is O=C(CC1=CCCCC1)N1CC2(C1)OCC[C@H]2COc1ccccn1. The Labute approximate surface area is 149 Å². The number of amides is 1. The molecule has 1 atom stereocenters. The van der Waals surface area contributed by atoms with Crippen LogP contribution in [0.1, 0.15) is 38.5 Å². The first-order valence-corrected chi connectivity index (χ1v) is 9.39. The minimum Gasteiger partial charge on any atom is -0.477 e. The fraction of sp³-hybridized carbons (Fsp3) is 0.600. The summed E-state index contributed by atoms with van der Waals surface area (Å²) in [5.41, 5.74) is 1.12. The zero-order chi connectivity index (χ0) is 17.1. The second-order valence-electron chi connectivity index (χ2n) is 7.41. The van der Waals surface area contributed by atoms with Gasteiger partial charge in [0, 0.05) is 31.2 Å². The van der Waals surface area contributed by atoms with E-state index in [4.69, 9.17) is 9.47 Å². The molecule has 1 aliphatic carbocycles. The van der Waals surface area contributed by atoms with Crippen molar-refractivity contribution in [2.45, 2.75) is 44.1 Å². The molecular weight excluding hydrogens is 316 g/mol. The van der Waals surface area contributed by atoms with Crippen LogP contribution >= 0.6 is 0 Å². The average Bonchev–Trinajstić information content (AvgIpc) is 3.04. The highest BCUT2D eigenvalue weighted by molar-refractivity contribution is 5.80. The zero-order valence-electron chi connectivity index (χ0n) is 14.7. The number of aromatic nitrogens is 1. The third-order valence-corrected chi connectivity index (χ3v) is 5.70. The Morgan fingerprint density at radius 1 is 1.36 bits per heavy atom. The van der Waals surface area contributed by atoms with Crippen LogP contribution in [0.3, 0.4) is 0 Å². The molecule has 0 saturated carbocycles. The molecule has 0 aromatic carbocycles. The number of hydrogen-bond donors (Lipinski definition) is 0. The molecule has 2 aliphatic heterocycles. The van der Waals surface area contributed by atoms with Crippen LogP contribution in [-0.2, 0) is 9.53 Å². The molecule has 0 unspecified atom stereocenters. The smallest absolute Gasteiger partial charge is 0.226 e. The Bertz CT molecular complexity index is 638. The van der Waals surface area contributed by atoms with E-state index >= 15 is 0 Å². The van der Waals surface area contributed by atoms with E-state index in [0.717, 1.165) is 25.9 Å². The first kappa shape index (κ1) is 16.6. The van der Waals surface area contributed by atoms with Crippen molar-refractivity contribution in [2.75, 3.05) is 26.3 Å². The van der Waals surface area contributed by atoms with Gasteiger partial charge in [0.05, 0.1) is 19.7 Å². The molecule has 1 amide bonds. The van der Waals surface area contributed by atoms with Gasteiger partial charge in [-0.05, 0) is 38.2 Å². The fourth-order valence-electron chi connectivity index (χ4n) is 4.14. The molecule has 0 bridgehead atoms. The maximum absolute atomic E-state index is 12.5. The summed E-state index contributed by atoms with van der Waals surface area (Å²) < 4.78 is 11.9. The van der Waals surface area contributed by atoms with Gasteiger partial charge in [-0.3, -0.25) is 4.79 Å².